The number of hydrogen-bond donors (Lipinski definition) is 1. The number of halogens is 1. The van der Waals surface area contributed by atoms with Crippen molar-refractivity contribution < 1.29 is 4.39 Å². The highest BCUT2D eigenvalue weighted by molar-refractivity contribution is 7.98. The third kappa shape index (κ3) is 1.23. The zero-order valence-electron chi connectivity index (χ0n) is 6.59. The third-order valence-electron chi connectivity index (χ3n) is 2.10. The van der Waals surface area contributed by atoms with Gasteiger partial charge in [0.05, 0.1) is 0 Å². The molecule has 0 saturated carbocycles. The molecule has 1 aliphatic heterocycles. The minimum absolute atomic E-state index is 0.00875. The van der Waals surface area contributed by atoms with Crippen LogP contribution in [0.3, 0.4) is 0 Å². The summed E-state index contributed by atoms with van der Waals surface area (Å²) in [5.74, 6) is 1.54. The lowest BCUT2D eigenvalue weighted by atomic mass is 10.0. The molecule has 1 aliphatic rings. The molecule has 0 amide bonds. The highest BCUT2D eigenvalue weighted by Crippen LogP contribution is 2.31. The molecule has 2 N–H and O–H groups in total. The van der Waals surface area contributed by atoms with Crippen LogP contribution in [0.1, 0.15) is 17.2 Å². The van der Waals surface area contributed by atoms with Gasteiger partial charge in [0.25, 0.3) is 0 Å². The first kappa shape index (κ1) is 8.08. The van der Waals surface area contributed by atoms with Gasteiger partial charge in [-0.25, -0.2) is 4.39 Å². The fourth-order valence-corrected chi connectivity index (χ4v) is 2.51. The van der Waals surface area contributed by atoms with E-state index in [2.05, 4.69) is 0 Å². The Hall–Kier alpha value is -0.540. The Kier molecular flexibility index (Phi) is 2.07. The average Bonchev–Trinajstić information content (AvgIpc) is 2.07. The molecule has 0 unspecified atom stereocenters. The van der Waals surface area contributed by atoms with Crippen molar-refractivity contribution in [3.8, 4) is 0 Å². The summed E-state index contributed by atoms with van der Waals surface area (Å²) in [6.45, 7) is 0. The Morgan fingerprint density at radius 3 is 3.08 bits per heavy atom. The summed E-state index contributed by atoms with van der Waals surface area (Å²) in [6, 6.07) is 5.15. The molecule has 0 fully saturated rings. The lowest BCUT2D eigenvalue weighted by Gasteiger charge is -2.21. The summed E-state index contributed by atoms with van der Waals surface area (Å²) >= 11 is 1.69. The third-order valence-corrected chi connectivity index (χ3v) is 3.19. The van der Waals surface area contributed by atoms with Crippen LogP contribution in [0.15, 0.2) is 18.2 Å². The van der Waals surface area contributed by atoms with Crippen LogP contribution in [0.25, 0.3) is 0 Å². The van der Waals surface area contributed by atoms with Gasteiger partial charge in [-0.15, -0.1) is 0 Å². The van der Waals surface area contributed by atoms with E-state index in [-0.39, 0.29) is 11.9 Å². The fourth-order valence-electron chi connectivity index (χ4n) is 1.45. The Morgan fingerprint density at radius 1 is 1.50 bits per heavy atom. The number of rotatable bonds is 0. The predicted octanol–water partition coefficient (Wildman–Crippen LogP) is 2.07. The van der Waals surface area contributed by atoms with E-state index in [9.17, 15) is 4.39 Å². The van der Waals surface area contributed by atoms with Crippen molar-refractivity contribution in [1.82, 2.24) is 0 Å². The van der Waals surface area contributed by atoms with Crippen molar-refractivity contribution in [3.05, 3.63) is 35.1 Å². The quantitative estimate of drug-likeness (QED) is 0.666. The first-order valence-electron chi connectivity index (χ1n) is 3.89. The molecule has 0 spiro atoms. The molecule has 1 heterocycles. The summed E-state index contributed by atoms with van der Waals surface area (Å²) < 4.78 is 13.2. The van der Waals surface area contributed by atoms with E-state index >= 15 is 0 Å². The van der Waals surface area contributed by atoms with Crippen LogP contribution in [-0.4, -0.2) is 5.75 Å². The molecule has 1 nitrogen and oxygen atoms in total. The van der Waals surface area contributed by atoms with Gasteiger partial charge in [-0.2, -0.15) is 11.8 Å². The van der Waals surface area contributed by atoms with Gasteiger partial charge < -0.3 is 5.73 Å². The molecule has 1 aromatic carbocycles. The van der Waals surface area contributed by atoms with Crippen LogP contribution in [-0.2, 0) is 5.75 Å². The summed E-state index contributed by atoms with van der Waals surface area (Å²) in [6.07, 6.45) is 0. The van der Waals surface area contributed by atoms with Gasteiger partial charge >= 0.3 is 0 Å². The molecule has 3 heteroatoms. The van der Waals surface area contributed by atoms with Gasteiger partial charge in [-0.1, -0.05) is 12.1 Å². The van der Waals surface area contributed by atoms with Crippen molar-refractivity contribution in [2.75, 3.05) is 5.75 Å². The van der Waals surface area contributed by atoms with Crippen LogP contribution in [0.5, 0.6) is 0 Å². The largest absolute Gasteiger partial charge is 0.323 e. The van der Waals surface area contributed by atoms with Crippen LogP contribution < -0.4 is 5.73 Å². The van der Waals surface area contributed by atoms with E-state index in [1.807, 2.05) is 6.07 Å². The first-order valence-corrected chi connectivity index (χ1v) is 5.05. The van der Waals surface area contributed by atoms with Crippen molar-refractivity contribution in [3.63, 3.8) is 0 Å². The second-order valence-electron chi connectivity index (χ2n) is 2.93. The molecular weight excluding hydrogens is 173 g/mol. The van der Waals surface area contributed by atoms with Gasteiger partial charge in [0.15, 0.2) is 0 Å². The van der Waals surface area contributed by atoms with Crippen LogP contribution >= 0.6 is 11.8 Å². The molecule has 1 atom stereocenters. The lowest BCUT2D eigenvalue weighted by molar-refractivity contribution is 0.608. The number of thioether (sulfide) groups is 1. The van der Waals surface area contributed by atoms with Crippen LogP contribution in [0.2, 0.25) is 0 Å². The van der Waals surface area contributed by atoms with Crippen molar-refractivity contribution >= 4 is 11.8 Å². The first-order chi connectivity index (χ1) is 5.79. The minimum atomic E-state index is -0.116. The minimum Gasteiger partial charge on any atom is -0.323 e. The molecule has 0 aromatic heterocycles. The maximum atomic E-state index is 13.2. The SMILES string of the molecule is N[C@H]1CSCc2c(F)cccc21. The fraction of sp³-hybridized carbons (Fsp3) is 0.333. The molecule has 0 radical (unpaired) electrons. The van der Waals surface area contributed by atoms with Gasteiger partial charge in [0.2, 0.25) is 0 Å². The van der Waals surface area contributed by atoms with Gasteiger partial charge in [-0.05, 0) is 11.6 Å². The van der Waals surface area contributed by atoms with Gasteiger partial charge in [0, 0.05) is 23.1 Å². The lowest BCUT2D eigenvalue weighted by Crippen LogP contribution is -2.19. The maximum Gasteiger partial charge on any atom is 0.127 e. The van der Waals surface area contributed by atoms with Crippen molar-refractivity contribution in [1.29, 1.82) is 0 Å². The van der Waals surface area contributed by atoms with Crippen LogP contribution in [0.4, 0.5) is 4.39 Å². The van der Waals surface area contributed by atoms with E-state index in [0.29, 0.717) is 0 Å². The monoisotopic (exact) mass is 183 g/mol. The van der Waals surface area contributed by atoms with Gasteiger partial charge in [-0.3, -0.25) is 0 Å². The Balaban J connectivity index is 2.52. The number of hydrogen-bond acceptors (Lipinski definition) is 2. The second kappa shape index (κ2) is 3.07. The molecule has 64 valence electrons. The number of fused-ring (bicyclic) bond motifs is 1. The summed E-state index contributed by atoms with van der Waals surface area (Å²) in [7, 11) is 0. The maximum absolute atomic E-state index is 13.2. The van der Waals surface area contributed by atoms with Crippen molar-refractivity contribution in [2.24, 2.45) is 5.73 Å². The summed E-state index contributed by atoms with van der Waals surface area (Å²) in [5, 5.41) is 0. The topological polar surface area (TPSA) is 26.0 Å². The Morgan fingerprint density at radius 2 is 2.33 bits per heavy atom. The van der Waals surface area contributed by atoms with E-state index < -0.39 is 0 Å². The van der Waals surface area contributed by atoms with Crippen LogP contribution in [0, 0.1) is 5.82 Å². The second-order valence-corrected chi connectivity index (χ2v) is 3.96. The Labute approximate surface area is 75.1 Å². The summed E-state index contributed by atoms with van der Waals surface area (Å²) in [4.78, 5) is 0. The van der Waals surface area contributed by atoms with E-state index in [1.165, 1.54) is 6.07 Å². The predicted molar refractivity (Wildman–Crippen MR) is 49.5 cm³/mol. The van der Waals surface area contributed by atoms with Crippen molar-refractivity contribution in [2.45, 2.75) is 11.8 Å². The highest BCUT2D eigenvalue weighted by atomic mass is 32.2. The molecule has 2 rings (SSSR count). The van der Waals surface area contributed by atoms with Gasteiger partial charge in [0.1, 0.15) is 5.82 Å². The standard InChI is InChI=1S/C9H10FNS/c10-8-3-1-2-6-7(8)4-12-5-9(6)11/h1-3,9H,4-5,11H2/t9-/m0/s1. The highest BCUT2D eigenvalue weighted by Gasteiger charge is 2.19. The molecule has 12 heavy (non-hydrogen) atoms. The number of nitrogens with two attached hydrogens (primary N) is 1. The van der Waals surface area contributed by atoms with E-state index in [0.717, 1.165) is 22.6 Å². The normalized spacial score (nSPS) is 22.0. The zero-order chi connectivity index (χ0) is 8.55. The molecule has 0 aliphatic carbocycles. The van der Waals surface area contributed by atoms with E-state index in [4.69, 9.17) is 5.73 Å². The molecule has 1 aromatic rings. The summed E-state index contributed by atoms with van der Waals surface area (Å²) in [5.41, 5.74) is 7.60. The Bertz CT molecular complexity index is 301. The van der Waals surface area contributed by atoms with E-state index in [1.54, 1.807) is 17.8 Å². The zero-order valence-corrected chi connectivity index (χ0v) is 7.40. The smallest absolute Gasteiger partial charge is 0.127 e. The molecular formula is C9H10FNS. The average molecular weight is 183 g/mol. The molecule has 0 bridgehead atoms. The molecule has 0 saturated heterocycles. The number of benzene rings is 1.